The first kappa shape index (κ1) is 14.8. The summed E-state index contributed by atoms with van der Waals surface area (Å²) in [7, 11) is 0. The molecule has 1 amide bonds. The Balaban J connectivity index is 1.69. The van der Waals surface area contributed by atoms with E-state index in [1.54, 1.807) is 0 Å². The van der Waals surface area contributed by atoms with Crippen LogP contribution in [-0.2, 0) is 4.79 Å². The highest BCUT2D eigenvalue weighted by Crippen LogP contribution is 2.25. The summed E-state index contributed by atoms with van der Waals surface area (Å²) in [6.07, 6.45) is 0. The third kappa shape index (κ3) is 3.18. The second kappa shape index (κ2) is 6.73. The first-order valence-electron chi connectivity index (χ1n) is 7.64. The number of hydrogen-bond donors (Lipinski definition) is 3. The molecule has 0 spiro atoms. The molecule has 0 aromatic heterocycles. The van der Waals surface area contributed by atoms with E-state index in [1.807, 2.05) is 67.6 Å². The normalized spacial score (nSPS) is 22.2. The van der Waals surface area contributed by atoms with Gasteiger partial charge in [-0.15, -0.1) is 0 Å². The average molecular weight is 295 g/mol. The largest absolute Gasteiger partial charge is 0.349 e. The molecule has 1 heterocycles. The van der Waals surface area contributed by atoms with Crippen molar-refractivity contribution in [2.45, 2.75) is 19.0 Å². The molecule has 0 aliphatic carbocycles. The Kier molecular flexibility index (Phi) is 4.51. The quantitative estimate of drug-likeness (QED) is 0.811. The average Bonchev–Trinajstić information content (AvgIpc) is 3.06. The zero-order valence-corrected chi connectivity index (χ0v) is 12.6. The van der Waals surface area contributed by atoms with Crippen LogP contribution in [-0.4, -0.2) is 12.5 Å². The highest BCUT2D eigenvalue weighted by Gasteiger charge is 2.34. The molecule has 3 rings (SSSR count). The van der Waals surface area contributed by atoms with E-state index in [-0.39, 0.29) is 23.9 Å². The van der Waals surface area contributed by atoms with Gasteiger partial charge in [0.1, 0.15) is 0 Å². The lowest BCUT2D eigenvalue weighted by molar-refractivity contribution is -0.125. The van der Waals surface area contributed by atoms with Crippen molar-refractivity contribution in [3.8, 4) is 0 Å². The number of amides is 1. The van der Waals surface area contributed by atoms with Crippen molar-refractivity contribution in [2.24, 2.45) is 5.92 Å². The molecule has 2 aromatic carbocycles. The van der Waals surface area contributed by atoms with Crippen molar-refractivity contribution in [1.82, 2.24) is 16.2 Å². The summed E-state index contributed by atoms with van der Waals surface area (Å²) in [4.78, 5) is 12.6. The number of hydrogen-bond acceptors (Lipinski definition) is 3. The van der Waals surface area contributed by atoms with Gasteiger partial charge >= 0.3 is 0 Å². The minimum absolute atomic E-state index is 0.00386. The lowest BCUT2D eigenvalue weighted by atomic mass is 9.93. The number of rotatable bonds is 4. The van der Waals surface area contributed by atoms with Crippen LogP contribution in [0, 0.1) is 5.92 Å². The fraction of sp³-hybridized carbons (Fsp3) is 0.278. The maximum Gasteiger partial charge on any atom is 0.226 e. The third-order valence-electron chi connectivity index (χ3n) is 4.14. The van der Waals surface area contributed by atoms with Crippen molar-refractivity contribution < 1.29 is 4.79 Å². The van der Waals surface area contributed by atoms with E-state index in [9.17, 15) is 4.79 Å². The fourth-order valence-electron chi connectivity index (χ4n) is 2.86. The van der Waals surface area contributed by atoms with Gasteiger partial charge in [0.25, 0.3) is 0 Å². The van der Waals surface area contributed by atoms with Crippen molar-refractivity contribution in [2.75, 3.05) is 6.54 Å². The van der Waals surface area contributed by atoms with Crippen molar-refractivity contribution in [1.29, 1.82) is 0 Å². The molecule has 22 heavy (non-hydrogen) atoms. The Labute approximate surface area is 130 Å². The zero-order chi connectivity index (χ0) is 15.4. The Morgan fingerprint density at radius 1 is 1.09 bits per heavy atom. The smallest absolute Gasteiger partial charge is 0.226 e. The molecule has 3 unspecified atom stereocenters. The summed E-state index contributed by atoms with van der Waals surface area (Å²) in [5.41, 5.74) is 8.55. The van der Waals surface area contributed by atoms with Gasteiger partial charge in [0.2, 0.25) is 5.91 Å². The van der Waals surface area contributed by atoms with Gasteiger partial charge < -0.3 is 5.32 Å². The monoisotopic (exact) mass is 295 g/mol. The topological polar surface area (TPSA) is 53.2 Å². The van der Waals surface area contributed by atoms with Gasteiger partial charge in [-0.1, -0.05) is 60.7 Å². The van der Waals surface area contributed by atoms with Gasteiger partial charge in [-0.25, -0.2) is 5.43 Å². The van der Waals surface area contributed by atoms with Crippen molar-refractivity contribution in [3.05, 3.63) is 71.8 Å². The molecule has 1 fully saturated rings. The van der Waals surface area contributed by atoms with E-state index in [2.05, 4.69) is 16.2 Å². The van der Waals surface area contributed by atoms with Crippen LogP contribution in [0.1, 0.15) is 30.1 Å². The van der Waals surface area contributed by atoms with Crippen LogP contribution in [0.4, 0.5) is 0 Å². The first-order valence-corrected chi connectivity index (χ1v) is 7.64. The summed E-state index contributed by atoms with van der Waals surface area (Å²) in [6, 6.07) is 20.1. The summed E-state index contributed by atoms with van der Waals surface area (Å²) in [5.74, 6) is -0.0451. The second-order valence-corrected chi connectivity index (χ2v) is 5.66. The van der Waals surface area contributed by atoms with Crippen LogP contribution in [0.5, 0.6) is 0 Å². The first-order chi connectivity index (χ1) is 10.8. The van der Waals surface area contributed by atoms with Gasteiger partial charge in [0.15, 0.2) is 0 Å². The molecule has 4 heteroatoms. The van der Waals surface area contributed by atoms with E-state index in [1.165, 1.54) is 0 Å². The van der Waals surface area contributed by atoms with Crippen molar-refractivity contribution >= 4 is 5.91 Å². The number of benzene rings is 2. The number of carbonyl (C=O) groups is 1. The molecule has 0 saturated carbocycles. The van der Waals surface area contributed by atoms with Crippen LogP contribution >= 0.6 is 0 Å². The second-order valence-electron chi connectivity index (χ2n) is 5.66. The Morgan fingerprint density at radius 3 is 2.41 bits per heavy atom. The molecule has 1 saturated heterocycles. The van der Waals surface area contributed by atoms with Crippen LogP contribution < -0.4 is 16.2 Å². The molecule has 1 aliphatic rings. The minimum atomic E-state index is -0.117. The van der Waals surface area contributed by atoms with Gasteiger partial charge in [0.05, 0.1) is 18.0 Å². The van der Waals surface area contributed by atoms with E-state index >= 15 is 0 Å². The SMILES string of the molecule is CC(NC(=O)C1CNNC1c1ccccc1)c1ccccc1. The molecular weight excluding hydrogens is 274 g/mol. The van der Waals surface area contributed by atoms with E-state index < -0.39 is 0 Å². The highest BCUT2D eigenvalue weighted by molar-refractivity contribution is 5.80. The van der Waals surface area contributed by atoms with Crippen LogP contribution in [0.15, 0.2) is 60.7 Å². The highest BCUT2D eigenvalue weighted by atomic mass is 16.2. The predicted octanol–water partition coefficient (Wildman–Crippen LogP) is 2.33. The van der Waals surface area contributed by atoms with Gasteiger partial charge in [0, 0.05) is 6.54 Å². The zero-order valence-electron chi connectivity index (χ0n) is 12.6. The summed E-state index contributed by atoms with van der Waals surface area (Å²) in [6.45, 7) is 2.65. The van der Waals surface area contributed by atoms with Crippen LogP contribution in [0.2, 0.25) is 0 Å². The maximum atomic E-state index is 12.6. The summed E-state index contributed by atoms with van der Waals surface area (Å²) >= 11 is 0. The number of hydrazine groups is 1. The van der Waals surface area contributed by atoms with Crippen LogP contribution in [0.3, 0.4) is 0 Å². The number of nitrogens with one attached hydrogen (secondary N) is 3. The minimum Gasteiger partial charge on any atom is -0.349 e. The maximum absolute atomic E-state index is 12.6. The molecule has 0 bridgehead atoms. The molecular formula is C18H21N3O. The predicted molar refractivity (Wildman–Crippen MR) is 86.8 cm³/mol. The summed E-state index contributed by atoms with van der Waals surface area (Å²) < 4.78 is 0. The molecule has 114 valence electrons. The molecule has 2 aromatic rings. The van der Waals surface area contributed by atoms with Gasteiger partial charge in [-0.3, -0.25) is 10.2 Å². The van der Waals surface area contributed by atoms with E-state index in [4.69, 9.17) is 0 Å². The Bertz CT molecular complexity index is 615. The van der Waals surface area contributed by atoms with Crippen LogP contribution in [0.25, 0.3) is 0 Å². The van der Waals surface area contributed by atoms with Crippen molar-refractivity contribution in [3.63, 3.8) is 0 Å². The molecule has 3 atom stereocenters. The lowest BCUT2D eigenvalue weighted by Crippen LogP contribution is -2.36. The Hall–Kier alpha value is -2.17. The van der Waals surface area contributed by atoms with E-state index in [0.29, 0.717) is 6.54 Å². The number of carbonyl (C=O) groups excluding carboxylic acids is 1. The molecule has 4 nitrogen and oxygen atoms in total. The molecule has 1 aliphatic heterocycles. The fourth-order valence-corrected chi connectivity index (χ4v) is 2.86. The van der Waals surface area contributed by atoms with Gasteiger partial charge in [-0.2, -0.15) is 0 Å². The van der Waals surface area contributed by atoms with Gasteiger partial charge in [-0.05, 0) is 18.1 Å². The lowest BCUT2D eigenvalue weighted by Gasteiger charge is -2.21. The molecule has 3 N–H and O–H groups in total. The van der Waals surface area contributed by atoms with E-state index in [0.717, 1.165) is 11.1 Å². The summed E-state index contributed by atoms with van der Waals surface area (Å²) in [5, 5.41) is 3.12. The molecule has 0 radical (unpaired) electrons. The third-order valence-corrected chi connectivity index (χ3v) is 4.14. The Morgan fingerprint density at radius 2 is 1.73 bits per heavy atom. The standard InChI is InChI=1S/C18H21N3O/c1-13(14-8-4-2-5-9-14)20-18(22)16-12-19-21-17(16)15-10-6-3-7-11-15/h2-11,13,16-17,19,21H,12H2,1H3,(H,20,22).